The van der Waals surface area contributed by atoms with E-state index in [9.17, 15) is 9.18 Å². The minimum atomic E-state index is -0.623. The van der Waals surface area contributed by atoms with Gasteiger partial charge in [0.05, 0.1) is 6.10 Å². The van der Waals surface area contributed by atoms with Gasteiger partial charge in [-0.25, -0.2) is 4.98 Å². The van der Waals surface area contributed by atoms with E-state index in [2.05, 4.69) is 4.98 Å². The predicted molar refractivity (Wildman–Crippen MR) is 60.1 cm³/mol. The Morgan fingerprint density at radius 2 is 2.18 bits per heavy atom. The Morgan fingerprint density at radius 1 is 1.47 bits per heavy atom. The topological polar surface area (TPSA) is 42.4 Å². The third-order valence-corrected chi connectivity index (χ3v) is 3.00. The van der Waals surface area contributed by atoms with Crippen molar-refractivity contribution in [3.63, 3.8) is 0 Å². The summed E-state index contributed by atoms with van der Waals surface area (Å²) in [7, 11) is 1.68. The van der Waals surface area contributed by atoms with Gasteiger partial charge in [0, 0.05) is 20.2 Å². The minimum Gasteiger partial charge on any atom is -0.381 e. The molecule has 0 atom stereocenters. The maximum absolute atomic E-state index is 12.9. The van der Waals surface area contributed by atoms with Crippen molar-refractivity contribution in [2.75, 3.05) is 20.2 Å². The summed E-state index contributed by atoms with van der Waals surface area (Å²) in [6, 6.07) is 4.26. The van der Waals surface area contributed by atoms with Crippen molar-refractivity contribution < 1.29 is 13.9 Å². The lowest BCUT2D eigenvalue weighted by molar-refractivity contribution is 0.0347. The first kappa shape index (κ1) is 12.0. The molecule has 2 heterocycles. The molecule has 92 valence electrons. The fourth-order valence-corrected chi connectivity index (χ4v) is 1.98. The Balaban J connectivity index is 2.02. The number of rotatable bonds is 2. The van der Waals surface area contributed by atoms with E-state index >= 15 is 0 Å². The predicted octanol–water partition coefficient (Wildman–Crippen LogP) is 1.47. The average molecular weight is 238 g/mol. The fraction of sp³-hybridized carbons (Fsp3) is 0.500. The molecule has 5 heteroatoms. The molecule has 0 spiro atoms. The summed E-state index contributed by atoms with van der Waals surface area (Å²) in [6.07, 6.45) is 1.86. The van der Waals surface area contributed by atoms with Crippen LogP contribution in [-0.4, -0.2) is 42.1 Å². The van der Waals surface area contributed by atoms with Crippen LogP contribution in [0.1, 0.15) is 23.3 Å². The number of hydrogen-bond donors (Lipinski definition) is 0. The largest absolute Gasteiger partial charge is 0.381 e. The second-order valence-electron chi connectivity index (χ2n) is 4.07. The van der Waals surface area contributed by atoms with Gasteiger partial charge in [-0.05, 0) is 25.0 Å². The molecule has 2 rings (SSSR count). The molecule has 0 N–H and O–H groups in total. The van der Waals surface area contributed by atoms with Gasteiger partial charge in [-0.3, -0.25) is 4.79 Å². The second kappa shape index (κ2) is 5.23. The zero-order valence-electron chi connectivity index (χ0n) is 9.73. The Kier molecular flexibility index (Phi) is 3.68. The standard InChI is InChI=1S/C12H15FN2O2/c1-17-9-5-7-15(8-6-9)12(16)10-3-2-4-11(13)14-10/h2-4,9H,5-8H2,1H3. The third-order valence-electron chi connectivity index (χ3n) is 3.00. The van der Waals surface area contributed by atoms with Crippen molar-refractivity contribution in [3.8, 4) is 0 Å². The van der Waals surface area contributed by atoms with Crippen LogP contribution in [0.15, 0.2) is 18.2 Å². The zero-order chi connectivity index (χ0) is 12.3. The summed E-state index contributed by atoms with van der Waals surface area (Å²) in [5, 5.41) is 0. The highest BCUT2D eigenvalue weighted by atomic mass is 19.1. The number of likely N-dealkylation sites (tertiary alicyclic amines) is 1. The van der Waals surface area contributed by atoms with Crippen molar-refractivity contribution in [2.24, 2.45) is 0 Å². The molecule has 0 radical (unpaired) electrons. The Bertz CT molecular complexity index is 403. The number of methoxy groups -OCH3 is 1. The first-order valence-corrected chi connectivity index (χ1v) is 5.65. The van der Waals surface area contributed by atoms with Crippen molar-refractivity contribution in [1.82, 2.24) is 9.88 Å². The highest BCUT2D eigenvalue weighted by Crippen LogP contribution is 2.15. The van der Waals surface area contributed by atoms with E-state index in [1.54, 1.807) is 12.0 Å². The van der Waals surface area contributed by atoms with Gasteiger partial charge in [0.15, 0.2) is 0 Å². The molecule has 1 amide bonds. The first-order chi connectivity index (χ1) is 8.20. The van der Waals surface area contributed by atoms with Crippen LogP contribution in [0.25, 0.3) is 0 Å². The number of ether oxygens (including phenoxy) is 1. The molecular formula is C12H15FN2O2. The normalized spacial score (nSPS) is 17.2. The summed E-state index contributed by atoms with van der Waals surface area (Å²) in [5.41, 5.74) is 0.167. The average Bonchev–Trinajstić information content (AvgIpc) is 2.38. The number of nitrogens with zero attached hydrogens (tertiary/aromatic N) is 2. The van der Waals surface area contributed by atoms with Crippen LogP contribution in [0.2, 0.25) is 0 Å². The summed E-state index contributed by atoms with van der Waals surface area (Å²) < 4.78 is 18.1. The quantitative estimate of drug-likeness (QED) is 0.733. The minimum absolute atomic E-state index is 0.167. The summed E-state index contributed by atoms with van der Waals surface area (Å²) in [4.78, 5) is 17.3. The molecule has 1 aromatic rings. The third kappa shape index (κ3) is 2.79. The van der Waals surface area contributed by atoms with E-state index in [4.69, 9.17) is 4.74 Å². The van der Waals surface area contributed by atoms with Crippen LogP contribution in [-0.2, 0) is 4.74 Å². The smallest absolute Gasteiger partial charge is 0.272 e. The summed E-state index contributed by atoms with van der Waals surface area (Å²) in [5.74, 6) is -0.832. The lowest BCUT2D eigenvalue weighted by Gasteiger charge is -2.30. The van der Waals surface area contributed by atoms with Crippen molar-refractivity contribution >= 4 is 5.91 Å². The van der Waals surface area contributed by atoms with Crippen molar-refractivity contribution in [1.29, 1.82) is 0 Å². The lowest BCUT2D eigenvalue weighted by atomic mass is 10.1. The van der Waals surface area contributed by atoms with E-state index in [-0.39, 0.29) is 17.7 Å². The van der Waals surface area contributed by atoms with Crippen LogP contribution in [0.5, 0.6) is 0 Å². The molecule has 0 aromatic carbocycles. The number of aromatic nitrogens is 1. The van der Waals surface area contributed by atoms with Crippen molar-refractivity contribution in [2.45, 2.75) is 18.9 Å². The molecule has 1 fully saturated rings. The maximum atomic E-state index is 12.9. The van der Waals surface area contributed by atoms with Crippen LogP contribution < -0.4 is 0 Å². The second-order valence-corrected chi connectivity index (χ2v) is 4.07. The fourth-order valence-electron chi connectivity index (χ4n) is 1.98. The van der Waals surface area contributed by atoms with Gasteiger partial charge in [0.25, 0.3) is 5.91 Å². The molecule has 1 aliphatic heterocycles. The molecule has 0 bridgehead atoms. The number of hydrogen-bond acceptors (Lipinski definition) is 3. The van der Waals surface area contributed by atoms with Gasteiger partial charge in [0.2, 0.25) is 5.95 Å². The highest BCUT2D eigenvalue weighted by Gasteiger charge is 2.24. The van der Waals surface area contributed by atoms with Crippen LogP contribution in [0.4, 0.5) is 4.39 Å². The zero-order valence-corrected chi connectivity index (χ0v) is 9.73. The van der Waals surface area contributed by atoms with Crippen LogP contribution >= 0.6 is 0 Å². The molecule has 0 saturated carbocycles. The van der Waals surface area contributed by atoms with Gasteiger partial charge in [0.1, 0.15) is 5.69 Å². The highest BCUT2D eigenvalue weighted by molar-refractivity contribution is 5.92. The number of halogens is 1. The van der Waals surface area contributed by atoms with E-state index in [0.717, 1.165) is 12.8 Å². The number of carbonyl (C=O) groups excluding carboxylic acids is 1. The lowest BCUT2D eigenvalue weighted by Crippen LogP contribution is -2.40. The van der Waals surface area contributed by atoms with Gasteiger partial charge < -0.3 is 9.64 Å². The van der Waals surface area contributed by atoms with Gasteiger partial charge in [-0.1, -0.05) is 6.07 Å². The maximum Gasteiger partial charge on any atom is 0.272 e. The van der Waals surface area contributed by atoms with E-state index in [1.165, 1.54) is 18.2 Å². The monoisotopic (exact) mass is 238 g/mol. The molecular weight excluding hydrogens is 223 g/mol. The summed E-state index contributed by atoms with van der Waals surface area (Å²) >= 11 is 0. The SMILES string of the molecule is COC1CCN(C(=O)c2cccc(F)n2)CC1. The van der Waals surface area contributed by atoms with E-state index in [1.807, 2.05) is 0 Å². The summed E-state index contributed by atoms with van der Waals surface area (Å²) in [6.45, 7) is 1.27. The molecule has 17 heavy (non-hydrogen) atoms. The number of pyridine rings is 1. The van der Waals surface area contributed by atoms with Gasteiger partial charge in [-0.2, -0.15) is 4.39 Å². The Hall–Kier alpha value is -1.49. The number of piperidine rings is 1. The van der Waals surface area contributed by atoms with Crippen molar-refractivity contribution in [3.05, 3.63) is 29.8 Å². The number of amides is 1. The molecule has 1 aliphatic rings. The Morgan fingerprint density at radius 3 is 2.76 bits per heavy atom. The van der Waals surface area contributed by atoms with Crippen LogP contribution in [0, 0.1) is 5.95 Å². The molecule has 0 aliphatic carbocycles. The first-order valence-electron chi connectivity index (χ1n) is 5.65. The van der Waals surface area contributed by atoms with Crippen LogP contribution in [0.3, 0.4) is 0 Å². The van der Waals surface area contributed by atoms with E-state index in [0.29, 0.717) is 13.1 Å². The van der Waals surface area contributed by atoms with E-state index < -0.39 is 5.95 Å². The number of carbonyl (C=O) groups is 1. The molecule has 4 nitrogen and oxygen atoms in total. The molecule has 0 unspecified atom stereocenters. The van der Waals surface area contributed by atoms with Gasteiger partial charge in [-0.15, -0.1) is 0 Å². The van der Waals surface area contributed by atoms with Gasteiger partial charge >= 0.3 is 0 Å². The molecule has 1 aromatic heterocycles. The Labute approximate surface area is 99.4 Å². The molecule has 1 saturated heterocycles.